The molecular weight excluding hydrogens is 446 g/mol. The number of imide groups is 1. The Labute approximate surface area is 197 Å². The highest BCUT2D eigenvalue weighted by atomic mass is 16.6. The van der Waals surface area contributed by atoms with Crippen molar-refractivity contribution in [3.8, 4) is 0 Å². The topological polar surface area (TPSA) is 137 Å². The van der Waals surface area contributed by atoms with Crippen LogP contribution in [0.15, 0.2) is 42.5 Å². The number of hydrogen-bond donors (Lipinski definition) is 1. The lowest BCUT2D eigenvalue weighted by Gasteiger charge is -2.27. The summed E-state index contributed by atoms with van der Waals surface area (Å²) in [7, 11) is 1.14. The van der Waals surface area contributed by atoms with Crippen LogP contribution >= 0.6 is 0 Å². The quantitative estimate of drug-likeness (QED) is 0.255. The summed E-state index contributed by atoms with van der Waals surface area (Å²) < 4.78 is 15.3. The van der Waals surface area contributed by atoms with E-state index in [1.54, 1.807) is 0 Å². The monoisotopic (exact) mass is 475 g/mol. The van der Waals surface area contributed by atoms with Crippen molar-refractivity contribution in [1.29, 1.82) is 0 Å². The molecule has 0 saturated carbocycles. The second-order valence-corrected chi connectivity index (χ2v) is 7.70. The van der Waals surface area contributed by atoms with Gasteiger partial charge in [-0.05, 0) is 37.0 Å². The number of ether oxygens (including phenoxy) is 3. The number of esters is 1. The second-order valence-electron chi connectivity index (χ2n) is 7.70. The highest BCUT2D eigenvalue weighted by Gasteiger charge is 2.45. The van der Waals surface area contributed by atoms with Gasteiger partial charge < -0.3 is 19.3 Å². The maximum Gasteiger partial charge on any atom is 0.417 e. The van der Waals surface area contributed by atoms with Crippen molar-refractivity contribution in [1.82, 2.24) is 4.90 Å². The molecule has 3 unspecified atom stereocenters. The Hall–Kier alpha value is -3.37. The zero-order valence-corrected chi connectivity index (χ0v) is 19.2. The molecule has 1 aliphatic rings. The lowest BCUT2D eigenvalue weighted by atomic mass is 10.0. The van der Waals surface area contributed by atoms with Crippen LogP contribution in [0.2, 0.25) is 0 Å². The molecule has 2 amide bonds. The van der Waals surface area contributed by atoms with Crippen molar-refractivity contribution in [3.63, 3.8) is 0 Å². The molecule has 1 aromatic rings. The van der Waals surface area contributed by atoms with Gasteiger partial charge in [-0.1, -0.05) is 30.3 Å². The van der Waals surface area contributed by atoms with Gasteiger partial charge in [-0.15, -0.1) is 0 Å². The van der Waals surface area contributed by atoms with Crippen LogP contribution in [0, 0.1) is 0 Å². The first-order valence-corrected chi connectivity index (χ1v) is 10.9. The first kappa shape index (κ1) is 26.9. The number of aliphatic hydroxyl groups is 1. The predicted molar refractivity (Wildman–Crippen MR) is 119 cm³/mol. The summed E-state index contributed by atoms with van der Waals surface area (Å²) in [6, 6.07) is 8.52. The summed E-state index contributed by atoms with van der Waals surface area (Å²) in [5.41, 5.74) is 0.868. The molecule has 1 fully saturated rings. The number of nitrogens with zero attached hydrogens (tertiary/aromatic N) is 1. The number of methoxy groups -OCH3 is 1. The third kappa shape index (κ3) is 7.60. The third-order valence-corrected chi connectivity index (χ3v) is 5.12. The van der Waals surface area contributed by atoms with E-state index in [4.69, 9.17) is 19.3 Å². The van der Waals surface area contributed by atoms with Crippen molar-refractivity contribution in [2.24, 2.45) is 0 Å². The maximum absolute atomic E-state index is 13.3. The Morgan fingerprint density at radius 2 is 1.85 bits per heavy atom. The predicted octanol–water partition coefficient (Wildman–Crippen LogP) is 1.38. The number of amides is 2. The van der Waals surface area contributed by atoms with Crippen LogP contribution in [0.1, 0.15) is 31.7 Å². The third-order valence-electron chi connectivity index (χ3n) is 5.12. The van der Waals surface area contributed by atoms with Crippen molar-refractivity contribution in [3.05, 3.63) is 48.0 Å². The SMILES string of the molecule is COC(C(=O)N1C(=O)OCC1Cc1ccccc1)C(OC(C)=O)C(=O)C=CC(=O)CCCCO. The Balaban J connectivity index is 2.20. The standard InChI is InChI=1S/C24H29NO9/c1-16(27)34-21(20(29)12-11-19(28)10-6-7-13-26)22(32-2)23(30)25-18(15-33-24(25)31)14-17-8-4-3-5-9-17/h3-5,8-9,11-12,18,21-22,26H,6-7,10,13-15H2,1-2H3. The van der Waals surface area contributed by atoms with Crippen molar-refractivity contribution < 1.29 is 43.3 Å². The van der Waals surface area contributed by atoms with Gasteiger partial charge in [0.2, 0.25) is 0 Å². The minimum absolute atomic E-state index is 0.0374. The molecule has 184 valence electrons. The zero-order chi connectivity index (χ0) is 25.1. The average molecular weight is 475 g/mol. The van der Waals surface area contributed by atoms with Gasteiger partial charge >= 0.3 is 12.1 Å². The zero-order valence-electron chi connectivity index (χ0n) is 19.2. The fourth-order valence-electron chi connectivity index (χ4n) is 3.47. The van der Waals surface area contributed by atoms with E-state index in [0.717, 1.165) is 36.6 Å². The summed E-state index contributed by atoms with van der Waals surface area (Å²) in [5, 5.41) is 8.79. The molecule has 0 spiro atoms. The van der Waals surface area contributed by atoms with Gasteiger partial charge in [0, 0.05) is 27.1 Å². The van der Waals surface area contributed by atoms with E-state index in [2.05, 4.69) is 0 Å². The summed E-state index contributed by atoms with van der Waals surface area (Å²) in [5.74, 6) is -2.96. The van der Waals surface area contributed by atoms with Crippen LogP contribution in [0.4, 0.5) is 4.79 Å². The molecule has 3 atom stereocenters. The highest BCUT2D eigenvalue weighted by Crippen LogP contribution is 2.21. The lowest BCUT2D eigenvalue weighted by Crippen LogP contribution is -2.53. The number of cyclic esters (lactones) is 1. The number of carbonyl (C=O) groups is 5. The molecule has 0 aromatic heterocycles. The summed E-state index contributed by atoms with van der Waals surface area (Å²) in [4.78, 5) is 62.8. The Bertz CT molecular complexity index is 912. The number of unbranched alkanes of at least 4 members (excludes halogenated alkanes) is 1. The summed E-state index contributed by atoms with van der Waals surface area (Å²) in [6.07, 6.45) is -0.957. The van der Waals surface area contributed by atoms with E-state index in [9.17, 15) is 24.0 Å². The molecule has 0 bridgehead atoms. The van der Waals surface area contributed by atoms with E-state index < -0.39 is 42.0 Å². The maximum atomic E-state index is 13.3. The number of carbonyl (C=O) groups excluding carboxylic acids is 5. The van der Waals surface area contributed by atoms with Gasteiger partial charge in [0.15, 0.2) is 23.8 Å². The number of hydrogen-bond acceptors (Lipinski definition) is 9. The van der Waals surface area contributed by atoms with Gasteiger partial charge in [0.25, 0.3) is 5.91 Å². The Morgan fingerprint density at radius 1 is 1.15 bits per heavy atom. The van der Waals surface area contributed by atoms with Gasteiger partial charge in [0.05, 0.1) is 6.04 Å². The van der Waals surface area contributed by atoms with Crippen molar-refractivity contribution in [2.45, 2.75) is 50.9 Å². The number of ketones is 2. The fraction of sp³-hybridized carbons (Fsp3) is 0.458. The summed E-state index contributed by atoms with van der Waals surface area (Å²) in [6.45, 7) is 0.972. The van der Waals surface area contributed by atoms with Gasteiger partial charge in [-0.25, -0.2) is 9.69 Å². The second kappa shape index (κ2) is 13.4. The van der Waals surface area contributed by atoms with Gasteiger partial charge in [-0.3, -0.25) is 19.2 Å². The van der Waals surface area contributed by atoms with E-state index in [0.29, 0.717) is 19.3 Å². The van der Waals surface area contributed by atoms with E-state index >= 15 is 0 Å². The van der Waals surface area contributed by atoms with Crippen molar-refractivity contribution >= 4 is 29.5 Å². The molecule has 1 heterocycles. The van der Waals surface area contributed by atoms with Gasteiger partial charge in [-0.2, -0.15) is 0 Å². The molecular formula is C24H29NO9. The molecule has 0 aliphatic carbocycles. The molecule has 2 rings (SSSR count). The molecule has 1 saturated heterocycles. The molecule has 1 N–H and O–H groups in total. The van der Waals surface area contributed by atoms with Gasteiger partial charge in [0.1, 0.15) is 6.61 Å². The van der Waals surface area contributed by atoms with Crippen LogP contribution in [0.3, 0.4) is 0 Å². The molecule has 1 aromatic carbocycles. The number of rotatable bonds is 13. The number of benzene rings is 1. The summed E-state index contributed by atoms with van der Waals surface area (Å²) >= 11 is 0. The highest BCUT2D eigenvalue weighted by molar-refractivity contribution is 6.05. The van der Waals surface area contributed by atoms with Crippen LogP contribution in [-0.4, -0.2) is 78.1 Å². The number of aliphatic hydroxyl groups excluding tert-OH is 1. The molecule has 1 aliphatic heterocycles. The molecule has 0 radical (unpaired) electrons. The molecule has 34 heavy (non-hydrogen) atoms. The van der Waals surface area contributed by atoms with E-state index in [1.165, 1.54) is 0 Å². The molecule has 10 heteroatoms. The lowest BCUT2D eigenvalue weighted by molar-refractivity contribution is -0.166. The smallest absolute Gasteiger partial charge is 0.417 e. The number of allylic oxidation sites excluding steroid dienone is 1. The minimum Gasteiger partial charge on any atom is -0.451 e. The van der Waals surface area contributed by atoms with E-state index in [1.807, 2.05) is 30.3 Å². The Kier molecular flexibility index (Phi) is 10.6. The average Bonchev–Trinajstić information content (AvgIpc) is 3.17. The largest absolute Gasteiger partial charge is 0.451 e. The van der Waals surface area contributed by atoms with Crippen LogP contribution in [-0.2, 0) is 39.8 Å². The van der Waals surface area contributed by atoms with Crippen LogP contribution in [0.5, 0.6) is 0 Å². The Morgan fingerprint density at radius 3 is 2.47 bits per heavy atom. The van der Waals surface area contributed by atoms with E-state index in [-0.39, 0.29) is 25.4 Å². The fourth-order valence-corrected chi connectivity index (χ4v) is 3.47. The van der Waals surface area contributed by atoms with Crippen molar-refractivity contribution in [2.75, 3.05) is 20.3 Å². The first-order chi connectivity index (χ1) is 16.3. The van der Waals surface area contributed by atoms with Crippen LogP contribution in [0.25, 0.3) is 0 Å². The molecule has 10 nitrogen and oxygen atoms in total. The first-order valence-electron chi connectivity index (χ1n) is 10.9. The minimum atomic E-state index is -1.71. The normalized spacial score (nSPS) is 17.3. The van der Waals surface area contributed by atoms with Crippen LogP contribution < -0.4 is 0 Å².